The number of nitrogens with two attached hydrogens (primary N) is 1. The Labute approximate surface area is 130 Å². The zero-order valence-corrected chi connectivity index (χ0v) is 13.8. The van der Waals surface area contributed by atoms with E-state index in [9.17, 15) is 18.5 Å². The van der Waals surface area contributed by atoms with Gasteiger partial charge < -0.3 is 5.73 Å². The van der Waals surface area contributed by atoms with Crippen molar-refractivity contribution in [3.63, 3.8) is 0 Å². The molecule has 0 spiro atoms. The Bertz CT molecular complexity index is 700. The van der Waals surface area contributed by atoms with Gasteiger partial charge >= 0.3 is 0 Å². The highest BCUT2D eigenvalue weighted by molar-refractivity contribution is 7.89. The van der Waals surface area contributed by atoms with E-state index >= 15 is 0 Å². The maximum absolute atomic E-state index is 12.8. The number of nitrogens with zero attached hydrogens (tertiary/aromatic N) is 2. The summed E-state index contributed by atoms with van der Waals surface area (Å²) in [5.41, 5.74) is 5.92. The van der Waals surface area contributed by atoms with Crippen LogP contribution in [0.1, 0.15) is 25.8 Å². The zero-order chi connectivity index (χ0) is 16.7. The predicted molar refractivity (Wildman–Crippen MR) is 83.0 cm³/mol. The average Bonchev–Trinajstić information content (AvgIpc) is 2.41. The van der Waals surface area contributed by atoms with Crippen LogP contribution in [0.5, 0.6) is 0 Å². The third-order valence-electron chi connectivity index (χ3n) is 4.21. The number of benzene rings is 1. The molecule has 1 saturated heterocycles. The van der Waals surface area contributed by atoms with Crippen molar-refractivity contribution in [3.05, 3.63) is 33.9 Å². The highest BCUT2D eigenvalue weighted by atomic mass is 32.2. The van der Waals surface area contributed by atoms with Crippen molar-refractivity contribution in [2.75, 3.05) is 13.1 Å². The van der Waals surface area contributed by atoms with Crippen molar-refractivity contribution in [2.24, 2.45) is 11.1 Å². The minimum Gasteiger partial charge on any atom is -0.327 e. The molecule has 1 heterocycles. The molecule has 1 fully saturated rings. The summed E-state index contributed by atoms with van der Waals surface area (Å²) in [6.07, 6.45) is 0.534. The molecule has 1 aliphatic rings. The van der Waals surface area contributed by atoms with Gasteiger partial charge in [0.1, 0.15) is 0 Å². The lowest BCUT2D eigenvalue weighted by molar-refractivity contribution is -0.387. The molecule has 0 radical (unpaired) electrons. The molecule has 7 nitrogen and oxygen atoms in total. The van der Waals surface area contributed by atoms with Crippen LogP contribution in [0.2, 0.25) is 0 Å². The van der Waals surface area contributed by atoms with Gasteiger partial charge in [0.25, 0.3) is 5.69 Å². The molecule has 1 aliphatic heterocycles. The van der Waals surface area contributed by atoms with Crippen LogP contribution in [-0.2, 0) is 10.0 Å². The SMILES string of the molecule is Cc1ccc(S(=O)(=O)N2CCC(N)C(C)(C)C2)c([N+](=O)[O-])c1. The van der Waals surface area contributed by atoms with E-state index < -0.39 is 14.9 Å². The highest BCUT2D eigenvalue weighted by Crippen LogP contribution is 2.34. The van der Waals surface area contributed by atoms with E-state index in [1.54, 1.807) is 13.0 Å². The Balaban J connectivity index is 2.46. The molecule has 2 N–H and O–H groups in total. The molecule has 0 aromatic heterocycles. The standard InChI is InChI=1S/C14H21N3O4S/c1-10-4-5-12(11(8-10)17(18)19)22(20,21)16-7-6-13(15)14(2,3)9-16/h4-5,8,13H,6-7,9,15H2,1-3H3. The van der Waals surface area contributed by atoms with E-state index in [2.05, 4.69) is 0 Å². The third kappa shape index (κ3) is 2.99. The Hall–Kier alpha value is -1.51. The van der Waals surface area contributed by atoms with Crippen molar-refractivity contribution < 1.29 is 13.3 Å². The highest BCUT2D eigenvalue weighted by Gasteiger charge is 2.40. The summed E-state index contributed by atoms with van der Waals surface area (Å²) >= 11 is 0. The summed E-state index contributed by atoms with van der Waals surface area (Å²) in [5.74, 6) is 0. The molecule has 2 rings (SSSR count). The minimum absolute atomic E-state index is 0.0908. The minimum atomic E-state index is -3.91. The normalized spacial score (nSPS) is 22.5. The number of nitro groups is 1. The van der Waals surface area contributed by atoms with E-state index in [0.29, 0.717) is 12.0 Å². The lowest BCUT2D eigenvalue weighted by Gasteiger charge is -2.41. The molecule has 1 aromatic rings. The molecule has 1 unspecified atom stereocenters. The average molecular weight is 327 g/mol. The van der Waals surface area contributed by atoms with Crippen LogP contribution in [0.3, 0.4) is 0 Å². The molecular weight excluding hydrogens is 306 g/mol. The summed E-state index contributed by atoms with van der Waals surface area (Å²) in [6.45, 7) is 6.03. The second kappa shape index (κ2) is 5.60. The summed E-state index contributed by atoms with van der Waals surface area (Å²) in [7, 11) is -3.91. The molecule has 0 saturated carbocycles. The maximum atomic E-state index is 12.8. The van der Waals surface area contributed by atoms with Gasteiger partial charge in [-0.25, -0.2) is 8.42 Å². The zero-order valence-electron chi connectivity index (χ0n) is 12.9. The molecule has 22 heavy (non-hydrogen) atoms. The monoisotopic (exact) mass is 327 g/mol. The van der Waals surface area contributed by atoms with Gasteiger partial charge in [0, 0.05) is 25.2 Å². The fourth-order valence-electron chi connectivity index (χ4n) is 2.66. The molecule has 8 heteroatoms. The first-order valence-electron chi connectivity index (χ1n) is 7.06. The number of piperidine rings is 1. The van der Waals surface area contributed by atoms with Crippen LogP contribution in [0, 0.1) is 22.5 Å². The number of nitro benzene ring substituents is 1. The van der Waals surface area contributed by atoms with Gasteiger partial charge in [0.15, 0.2) is 4.90 Å². The summed E-state index contributed by atoms with van der Waals surface area (Å²) < 4.78 is 26.9. The van der Waals surface area contributed by atoms with E-state index in [1.807, 2.05) is 13.8 Å². The quantitative estimate of drug-likeness (QED) is 0.671. The lowest BCUT2D eigenvalue weighted by Crippen LogP contribution is -2.53. The van der Waals surface area contributed by atoms with Crippen LogP contribution >= 0.6 is 0 Å². The largest absolute Gasteiger partial charge is 0.327 e. The van der Waals surface area contributed by atoms with E-state index in [1.165, 1.54) is 16.4 Å². The molecule has 122 valence electrons. The number of sulfonamides is 1. The fraction of sp³-hybridized carbons (Fsp3) is 0.571. The van der Waals surface area contributed by atoms with E-state index in [-0.39, 0.29) is 35.1 Å². The Kier molecular flexibility index (Phi) is 4.29. The summed E-state index contributed by atoms with van der Waals surface area (Å²) in [6, 6.07) is 4.07. The van der Waals surface area contributed by atoms with Crippen LogP contribution in [0.25, 0.3) is 0 Å². The molecule has 0 bridgehead atoms. The van der Waals surface area contributed by atoms with Gasteiger partial charge in [-0.2, -0.15) is 4.31 Å². The third-order valence-corrected chi connectivity index (χ3v) is 6.10. The van der Waals surface area contributed by atoms with Crippen LogP contribution < -0.4 is 5.73 Å². The van der Waals surface area contributed by atoms with Crippen LogP contribution in [0.15, 0.2) is 23.1 Å². The Morgan fingerprint density at radius 3 is 2.59 bits per heavy atom. The van der Waals surface area contributed by atoms with Gasteiger partial charge in [-0.05, 0) is 30.4 Å². The molecular formula is C14H21N3O4S. The number of hydrogen-bond donors (Lipinski definition) is 1. The molecule has 0 amide bonds. The number of rotatable bonds is 3. The first-order valence-corrected chi connectivity index (χ1v) is 8.50. The van der Waals surface area contributed by atoms with Crippen molar-refractivity contribution in [1.82, 2.24) is 4.31 Å². The van der Waals surface area contributed by atoms with Gasteiger partial charge in [-0.3, -0.25) is 10.1 Å². The fourth-order valence-corrected chi connectivity index (χ4v) is 4.42. The molecule has 1 aromatic carbocycles. The van der Waals surface area contributed by atoms with Crippen molar-refractivity contribution in [2.45, 2.75) is 38.1 Å². The van der Waals surface area contributed by atoms with E-state index in [0.717, 1.165) is 0 Å². The van der Waals surface area contributed by atoms with E-state index in [4.69, 9.17) is 5.73 Å². The second-order valence-electron chi connectivity index (χ2n) is 6.45. The van der Waals surface area contributed by atoms with Crippen molar-refractivity contribution >= 4 is 15.7 Å². The van der Waals surface area contributed by atoms with Crippen molar-refractivity contribution in [1.29, 1.82) is 0 Å². The van der Waals surface area contributed by atoms with Crippen LogP contribution in [-0.4, -0.2) is 36.8 Å². The predicted octanol–water partition coefficient (Wildman–Crippen LogP) is 1.65. The van der Waals surface area contributed by atoms with Gasteiger partial charge in [0.05, 0.1) is 4.92 Å². The first-order chi connectivity index (χ1) is 10.1. The van der Waals surface area contributed by atoms with Gasteiger partial charge in [-0.15, -0.1) is 0 Å². The first kappa shape index (κ1) is 16.9. The van der Waals surface area contributed by atoms with Gasteiger partial charge in [-0.1, -0.05) is 19.9 Å². The Morgan fingerprint density at radius 1 is 1.41 bits per heavy atom. The topological polar surface area (TPSA) is 107 Å². The van der Waals surface area contributed by atoms with Crippen LogP contribution in [0.4, 0.5) is 5.69 Å². The molecule has 0 aliphatic carbocycles. The summed E-state index contributed by atoms with van der Waals surface area (Å²) in [4.78, 5) is 10.3. The lowest BCUT2D eigenvalue weighted by atomic mass is 9.81. The molecule has 1 atom stereocenters. The Morgan fingerprint density at radius 2 is 2.05 bits per heavy atom. The maximum Gasteiger partial charge on any atom is 0.289 e. The number of hydrogen-bond acceptors (Lipinski definition) is 5. The second-order valence-corrected chi connectivity index (χ2v) is 8.36. The smallest absolute Gasteiger partial charge is 0.289 e. The number of aryl methyl sites for hydroxylation is 1. The van der Waals surface area contributed by atoms with Crippen molar-refractivity contribution in [3.8, 4) is 0 Å². The van der Waals surface area contributed by atoms with Gasteiger partial charge in [0.2, 0.25) is 10.0 Å². The summed E-state index contributed by atoms with van der Waals surface area (Å²) in [5, 5.41) is 11.2.